The van der Waals surface area contributed by atoms with Gasteiger partial charge in [0.1, 0.15) is 0 Å². The molecular formula is C14H17N3OS. The zero-order valence-corrected chi connectivity index (χ0v) is 12.1. The second kappa shape index (κ2) is 5.93. The SMILES string of the molecule is Cc1nc(NC(=O)CC(C)C)sc1-c1cccnc1. The van der Waals surface area contributed by atoms with Crippen LogP contribution in [0.2, 0.25) is 0 Å². The van der Waals surface area contributed by atoms with E-state index >= 15 is 0 Å². The summed E-state index contributed by atoms with van der Waals surface area (Å²) >= 11 is 1.48. The summed E-state index contributed by atoms with van der Waals surface area (Å²) in [6, 6.07) is 3.89. The topological polar surface area (TPSA) is 54.9 Å². The summed E-state index contributed by atoms with van der Waals surface area (Å²) in [5.74, 6) is 0.361. The maximum atomic E-state index is 11.7. The molecule has 0 saturated heterocycles. The molecule has 100 valence electrons. The van der Waals surface area contributed by atoms with Crippen molar-refractivity contribution in [1.29, 1.82) is 0 Å². The summed E-state index contributed by atoms with van der Waals surface area (Å²) in [7, 11) is 0. The van der Waals surface area contributed by atoms with Crippen molar-refractivity contribution in [3.05, 3.63) is 30.2 Å². The van der Waals surface area contributed by atoms with Gasteiger partial charge >= 0.3 is 0 Å². The Balaban J connectivity index is 2.16. The molecule has 0 aliphatic rings. The Morgan fingerprint density at radius 2 is 2.26 bits per heavy atom. The average molecular weight is 275 g/mol. The molecule has 2 rings (SSSR count). The molecule has 0 bridgehead atoms. The minimum absolute atomic E-state index is 0.0153. The van der Waals surface area contributed by atoms with Crippen LogP contribution in [-0.2, 0) is 4.79 Å². The van der Waals surface area contributed by atoms with Gasteiger partial charge < -0.3 is 5.32 Å². The number of thiazole rings is 1. The van der Waals surface area contributed by atoms with Crippen LogP contribution in [0.5, 0.6) is 0 Å². The highest BCUT2D eigenvalue weighted by molar-refractivity contribution is 7.19. The van der Waals surface area contributed by atoms with Gasteiger partial charge in [0.2, 0.25) is 5.91 Å². The van der Waals surface area contributed by atoms with E-state index in [1.165, 1.54) is 11.3 Å². The van der Waals surface area contributed by atoms with Crippen molar-refractivity contribution in [2.24, 2.45) is 5.92 Å². The van der Waals surface area contributed by atoms with Gasteiger partial charge in [0.15, 0.2) is 5.13 Å². The van der Waals surface area contributed by atoms with E-state index in [-0.39, 0.29) is 5.91 Å². The predicted molar refractivity (Wildman–Crippen MR) is 78.2 cm³/mol. The highest BCUT2D eigenvalue weighted by Gasteiger charge is 2.12. The van der Waals surface area contributed by atoms with E-state index in [2.05, 4.69) is 15.3 Å². The van der Waals surface area contributed by atoms with Crippen LogP contribution in [-0.4, -0.2) is 15.9 Å². The molecule has 0 aliphatic carbocycles. The zero-order chi connectivity index (χ0) is 13.8. The number of anilines is 1. The van der Waals surface area contributed by atoms with Crippen LogP contribution in [0.4, 0.5) is 5.13 Å². The van der Waals surface area contributed by atoms with Crippen LogP contribution in [0.3, 0.4) is 0 Å². The van der Waals surface area contributed by atoms with Crippen molar-refractivity contribution in [2.45, 2.75) is 27.2 Å². The third kappa shape index (κ3) is 3.61. The maximum absolute atomic E-state index is 11.7. The Labute approximate surface area is 116 Å². The summed E-state index contributed by atoms with van der Waals surface area (Å²) < 4.78 is 0. The number of nitrogens with one attached hydrogen (secondary N) is 1. The molecule has 2 heterocycles. The summed E-state index contributed by atoms with van der Waals surface area (Å²) in [6.07, 6.45) is 4.06. The average Bonchev–Trinajstić information content (AvgIpc) is 2.70. The van der Waals surface area contributed by atoms with Crippen LogP contribution in [0.25, 0.3) is 10.4 Å². The highest BCUT2D eigenvalue weighted by Crippen LogP contribution is 2.32. The molecule has 2 aromatic rings. The van der Waals surface area contributed by atoms with Crippen molar-refractivity contribution in [1.82, 2.24) is 9.97 Å². The van der Waals surface area contributed by atoms with Crippen molar-refractivity contribution >= 4 is 22.4 Å². The number of hydrogen-bond donors (Lipinski definition) is 1. The third-order valence-electron chi connectivity index (χ3n) is 2.56. The minimum atomic E-state index is 0.0153. The Bertz CT molecular complexity index is 563. The van der Waals surface area contributed by atoms with E-state index in [0.717, 1.165) is 16.1 Å². The van der Waals surface area contributed by atoms with Gasteiger partial charge in [-0.2, -0.15) is 0 Å². The van der Waals surface area contributed by atoms with E-state index in [1.807, 2.05) is 32.9 Å². The largest absolute Gasteiger partial charge is 0.302 e. The van der Waals surface area contributed by atoms with E-state index in [0.29, 0.717) is 17.5 Å². The molecule has 19 heavy (non-hydrogen) atoms. The molecule has 0 aliphatic heterocycles. The molecule has 0 spiro atoms. The minimum Gasteiger partial charge on any atom is -0.302 e. The van der Waals surface area contributed by atoms with Crippen LogP contribution < -0.4 is 5.32 Å². The molecule has 1 N–H and O–H groups in total. The number of hydrogen-bond acceptors (Lipinski definition) is 4. The number of nitrogens with zero attached hydrogens (tertiary/aromatic N) is 2. The Kier molecular flexibility index (Phi) is 4.27. The maximum Gasteiger partial charge on any atom is 0.226 e. The smallest absolute Gasteiger partial charge is 0.226 e. The lowest BCUT2D eigenvalue weighted by atomic mass is 10.1. The lowest BCUT2D eigenvalue weighted by molar-refractivity contribution is -0.116. The first-order chi connectivity index (χ1) is 9.06. The number of aromatic nitrogens is 2. The van der Waals surface area contributed by atoms with Gasteiger partial charge in [-0.05, 0) is 18.9 Å². The molecule has 1 amide bonds. The van der Waals surface area contributed by atoms with Gasteiger partial charge in [0, 0.05) is 24.4 Å². The second-order valence-electron chi connectivity index (χ2n) is 4.82. The van der Waals surface area contributed by atoms with E-state index < -0.39 is 0 Å². The molecule has 0 atom stereocenters. The fourth-order valence-corrected chi connectivity index (χ4v) is 2.73. The number of amides is 1. The van der Waals surface area contributed by atoms with E-state index in [1.54, 1.807) is 12.4 Å². The number of carbonyl (C=O) groups excluding carboxylic acids is 1. The van der Waals surface area contributed by atoms with Crippen LogP contribution in [0, 0.1) is 12.8 Å². The molecule has 2 aromatic heterocycles. The van der Waals surface area contributed by atoms with Gasteiger partial charge in [0.25, 0.3) is 0 Å². The lowest BCUT2D eigenvalue weighted by Crippen LogP contribution is -2.13. The van der Waals surface area contributed by atoms with Gasteiger partial charge in [-0.3, -0.25) is 9.78 Å². The Morgan fingerprint density at radius 1 is 1.47 bits per heavy atom. The molecule has 0 saturated carbocycles. The Morgan fingerprint density at radius 3 is 2.89 bits per heavy atom. The second-order valence-corrected chi connectivity index (χ2v) is 5.82. The first-order valence-corrected chi connectivity index (χ1v) is 7.05. The molecular weight excluding hydrogens is 258 g/mol. The summed E-state index contributed by atoms with van der Waals surface area (Å²) in [5.41, 5.74) is 1.94. The highest BCUT2D eigenvalue weighted by atomic mass is 32.1. The number of pyridine rings is 1. The fraction of sp³-hybridized carbons (Fsp3) is 0.357. The van der Waals surface area contributed by atoms with Gasteiger partial charge in [-0.1, -0.05) is 31.3 Å². The summed E-state index contributed by atoms with van der Waals surface area (Å²) in [4.78, 5) is 21.3. The quantitative estimate of drug-likeness (QED) is 0.929. The Hall–Kier alpha value is -1.75. The van der Waals surface area contributed by atoms with Crippen molar-refractivity contribution in [3.63, 3.8) is 0 Å². The van der Waals surface area contributed by atoms with Gasteiger partial charge in [-0.15, -0.1) is 0 Å². The summed E-state index contributed by atoms with van der Waals surface area (Å²) in [6.45, 7) is 5.98. The standard InChI is InChI=1S/C14H17N3OS/c1-9(2)7-12(18)17-14-16-10(3)13(19-14)11-5-4-6-15-8-11/h4-6,8-9H,7H2,1-3H3,(H,16,17,18). The number of carbonyl (C=O) groups is 1. The van der Waals surface area contributed by atoms with Crippen LogP contribution in [0.15, 0.2) is 24.5 Å². The first kappa shape index (κ1) is 13.7. The van der Waals surface area contributed by atoms with E-state index in [4.69, 9.17) is 0 Å². The normalized spacial score (nSPS) is 10.7. The monoisotopic (exact) mass is 275 g/mol. The number of aryl methyl sites for hydroxylation is 1. The van der Waals surface area contributed by atoms with Crippen molar-refractivity contribution in [2.75, 3.05) is 5.32 Å². The van der Waals surface area contributed by atoms with Gasteiger partial charge in [-0.25, -0.2) is 4.98 Å². The molecule has 0 unspecified atom stereocenters. The lowest BCUT2D eigenvalue weighted by Gasteiger charge is -2.03. The van der Waals surface area contributed by atoms with Crippen LogP contribution >= 0.6 is 11.3 Å². The molecule has 0 aromatic carbocycles. The van der Waals surface area contributed by atoms with Crippen LogP contribution in [0.1, 0.15) is 26.0 Å². The summed E-state index contributed by atoms with van der Waals surface area (Å²) in [5, 5.41) is 3.51. The molecule has 4 nitrogen and oxygen atoms in total. The van der Waals surface area contributed by atoms with Crippen molar-refractivity contribution < 1.29 is 4.79 Å². The van der Waals surface area contributed by atoms with E-state index in [9.17, 15) is 4.79 Å². The van der Waals surface area contributed by atoms with Crippen molar-refractivity contribution in [3.8, 4) is 10.4 Å². The fourth-order valence-electron chi connectivity index (χ4n) is 1.76. The molecule has 0 fully saturated rings. The number of rotatable bonds is 4. The zero-order valence-electron chi connectivity index (χ0n) is 11.3. The first-order valence-electron chi connectivity index (χ1n) is 6.24. The third-order valence-corrected chi connectivity index (χ3v) is 3.68. The molecule has 0 radical (unpaired) electrons. The van der Waals surface area contributed by atoms with Gasteiger partial charge in [0.05, 0.1) is 10.6 Å². The molecule has 5 heteroatoms. The predicted octanol–water partition coefficient (Wildman–Crippen LogP) is 3.50.